The van der Waals surface area contributed by atoms with Crippen molar-refractivity contribution in [2.24, 2.45) is 5.73 Å². The molecule has 72 valence electrons. The molecule has 2 rings (SSSR count). The van der Waals surface area contributed by atoms with Crippen LogP contribution in [0.25, 0.3) is 11.0 Å². The molecule has 0 aliphatic carbocycles. The molecular formula is C9H11N5. The Morgan fingerprint density at radius 3 is 3.07 bits per heavy atom. The summed E-state index contributed by atoms with van der Waals surface area (Å²) in [5.41, 5.74) is 12.6. The third-order valence-corrected chi connectivity index (χ3v) is 2.01. The summed E-state index contributed by atoms with van der Waals surface area (Å²) in [5.74, 6) is 0.456. The van der Waals surface area contributed by atoms with E-state index in [2.05, 4.69) is 9.97 Å². The highest BCUT2D eigenvalue weighted by Gasteiger charge is 2.03. The van der Waals surface area contributed by atoms with Crippen molar-refractivity contribution in [2.45, 2.75) is 6.54 Å². The molecule has 0 aliphatic heterocycles. The lowest BCUT2D eigenvalue weighted by Crippen LogP contribution is -1.95. The third-order valence-electron chi connectivity index (χ3n) is 2.01. The molecule has 0 amide bonds. The fourth-order valence-corrected chi connectivity index (χ4v) is 1.33. The number of nitrogens with two attached hydrogens (primary N) is 2. The molecule has 0 saturated carbocycles. The van der Waals surface area contributed by atoms with Gasteiger partial charge < -0.3 is 16.0 Å². The van der Waals surface area contributed by atoms with Gasteiger partial charge in [-0.05, 0) is 18.3 Å². The van der Waals surface area contributed by atoms with E-state index in [0.29, 0.717) is 12.4 Å². The minimum atomic E-state index is 0.456. The standard InChI is InChI=1S/C9H11N5/c10-3-1-5-14-6-13-8-7(14)2-4-12-9(8)11/h1-4,6H,5,10H2,(H2,11,12). The Balaban J connectivity index is 2.52. The largest absolute Gasteiger partial charge is 0.405 e. The number of fused-ring (bicyclic) bond motifs is 1. The average Bonchev–Trinajstić information content (AvgIpc) is 2.60. The second kappa shape index (κ2) is 3.37. The number of rotatable bonds is 2. The van der Waals surface area contributed by atoms with Crippen molar-refractivity contribution >= 4 is 16.9 Å². The van der Waals surface area contributed by atoms with E-state index in [1.807, 2.05) is 16.7 Å². The molecule has 14 heavy (non-hydrogen) atoms. The van der Waals surface area contributed by atoms with Crippen LogP contribution in [0.3, 0.4) is 0 Å². The van der Waals surface area contributed by atoms with Gasteiger partial charge in [0, 0.05) is 12.7 Å². The van der Waals surface area contributed by atoms with E-state index in [9.17, 15) is 0 Å². The van der Waals surface area contributed by atoms with Crippen LogP contribution in [0.5, 0.6) is 0 Å². The Labute approximate surface area is 81.1 Å². The highest BCUT2D eigenvalue weighted by atomic mass is 15.1. The number of anilines is 1. The maximum Gasteiger partial charge on any atom is 0.151 e. The minimum absolute atomic E-state index is 0.456. The molecule has 0 bridgehead atoms. The fraction of sp³-hybridized carbons (Fsp3) is 0.111. The molecule has 5 nitrogen and oxygen atoms in total. The number of pyridine rings is 1. The molecule has 2 heterocycles. The number of imidazole rings is 1. The van der Waals surface area contributed by atoms with Crippen molar-refractivity contribution in [1.29, 1.82) is 0 Å². The first-order valence-corrected chi connectivity index (χ1v) is 4.25. The van der Waals surface area contributed by atoms with E-state index < -0.39 is 0 Å². The second-order valence-electron chi connectivity index (χ2n) is 2.89. The van der Waals surface area contributed by atoms with Gasteiger partial charge in [0.1, 0.15) is 5.52 Å². The van der Waals surface area contributed by atoms with E-state index in [1.165, 1.54) is 6.20 Å². The summed E-state index contributed by atoms with van der Waals surface area (Å²) >= 11 is 0. The van der Waals surface area contributed by atoms with E-state index in [-0.39, 0.29) is 0 Å². The lowest BCUT2D eigenvalue weighted by molar-refractivity contribution is 0.847. The fourth-order valence-electron chi connectivity index (χ4n) is 1.33. The second-order valence-corrected chi connectivity index (χ2v) is 2.89. The Kier molecular flexibility index (Phi) is 2.06. The predicted molar refractivity (Wildman–Crippen MR) is 55.3 cm³/mol. The first-order chi connectivity index (χ1) is 6.83. The summed E-state index contributed by atoms with van der Waals surface area (Å²) in [6.45, 7) is 0.691. The number of hydrogen-bond donors (Lipinski definition) is 2. The first kappa shape index (κ1) is 8.55. The zero-order valence-electron chi connectivity index (χ0n) is 7.59. The Hall–Kier alpha value is -2.04. The van der Waals surface area contributed by atoms with Gasteiger partial charge in [-0.15, -0.1) is 0 Å². The Morgan fingerprint density at radius 1 is 1.43 bits per heavy atom. The van der Waals surface area contributed by atoms with Crippen molar-refractivity contribution in [3.8, 4) is 0 Å². The number of hydrogen-bond acceptors (Lipinski definition) is 4. The molecule has 0 fully saturated rings. The molecule has 2 aromatic heterocycles. The summed E-state index contributed by atoms with van der Waals surface area (Å²) < 4.78 is 1.96. The summed E-state index contributed by atoms with van der Waals surface area (Å²) in [6.07, 6.45) is 6.75. The maximum absolute atomic E-state index is 5.67. The van der Waals surface area contributed by atoms with Crippen LogP contribution in [0, 0.1) is 0 Å². The minimum Gasteiger partial charge on any atom is -0.405 e. The summed E-state index contributed by atoms with van der Waals surface area (Å²) in [5, 5.41) is 0. The maximum atomic E-state index is 5.67. The van der Waals surface area contributed by atoms with Gasteiger partial charge in [0.15, 0.2) is 5.82 Å². The van der Waals surface area contributed by atoms with Crippen molar-refractivity contribution in [1.82, 2.24) is 14.5 Å². The zero-order chi connectivity index (χ0) is 9.97. The smallest absolute Gasteiger partial charge is 0.151 e. The van der Waals surface area contributed by atoms with Gasteiger partial charge >= 0.3 is 0 Å². The van der Waals surface area contributed by atoms with E-state index in [0.717, 1.165) is 11.0 Å². The van der Waals surface area contributed by atoms with Gasteiger partial charge in [0.2, 0.25) is 0 Å². The third kappa shape index (κ3) is 1.28. The van der Waals surface area contributed by atoms with Gasteiger partial charge in [0.05, 0.1) is 11.8 Å². The molecule has 0 aromatic carbocycles. The number of allylic oxidation sites excluding steroid dienone is 1. The zero-order valence-corrected chi connectivity index (χ0v) is 7.59. The number of nitrogens with zero attached hydrogens (tertiary/aromatic N) is 3. The molecule has 0 saturated heterocycles. The molecule has 5 heteroatoms. The number of nitrogen functional groups attached to an aromatic ring is 1. The molecule has 0 radical (unpaired) electrons. The SMILES string of the molecule is NC=CCn1cnc2c(N)nccc21. The summed E-state index contributed by atoms with van der Waals surface area (Å²) in [6, 6.07) is 1.88. The first-order valence-electron chi connectivity index (χ1n) is 4.25. The summed E-state index contributed by atoms with van der Waals surface area (Å²) in [7, 11) is 0. The lowest BCUT2D eigenvalue weighted by atomic mass is 10.4. The summed E-state index contributed by atoms with van der Waals surface area (Å²) in [4.78, 5) is 8.13. The number of aromatic nitrogens is 3. The highest BCUT2D eigenvalue weighted by molar-refractivity contribution is 5.84. The normalized spacial score (nSPS) is 11.4. The van der Waals surface area contributed by atoms with Gasteiger partial charge in [0.25, 0.3) is 0 Å². The predicted octanol–water partition coefficient (Wildman–Crippen LogP) is 0.486. The van der Waals surface area contributed by atoms with Crippen LogP contribution in [0.2, 0.25) is 0 Å². The highest BCUT2D eigenvalue weighted by Crippen LogP contribution is 2.16. The Bertz CT molecular complexity index is 471. The van der Waals surface area contributed by atoms with Crippen LogP contribution in [-0.4, -0.2) is 14.5 Å². The van der Waals surface area contributed by atoms with Crippen LogP contribution in [0.15, 0.2) is 30.9 Å². The van der Waals surface area contributed by atoms with Gasteiger partial charge in [-0.1, -0.05) is 0 Å². The van der Waals surface area contributed by atoms with Crippen molar-refractivity contribution in [3.63, 3.8) is 0 Å². The van der Waals surface area contributed by atoms with E-state index in [1.54, 1.807) is 12.5 Å². The van der Waals surface area contributed by atoms with Crippen LogP contribution in [0.4, 0.5) is 5.82 Å². The molecule has 0 spiro atoms. The van der Waals surface area contributed by atoms with E-state index >= 15 is 0 Å². The monoisotopic (exact) mass is 189 g/mol. The molecule has 0 atom stereocenters. The van der Waals surface area contributed by atoms with E-state index in [4.69, 9.17) is 11.5 Å². The average molecular weight is 189 g/mol. The molecule has 0 aliphatic rings. The lowest BCUT2D eigenvalue weighted by Gasteiger charge is -1.99. The Morgan fingerprint density at radius 2 is 2.29 bits per heavy atom. The molecule has 0 unspecified atom stereocenters. The topological polar surface area (TPSA) is 82.8 Å². The van der Waals surface area contributed by atoms with Crippen molar-refractivity contribution < 1.29 is 0 Å². The van der Waals surface area contributed by atoms with Crippen LogP contribution in [-0.2, 0) is 6.54 Å². The van der Waals surface area contributed by atoms with Crippen molar-refractivity contribution in [3.05, 3.63) is 30.9 Å². The van der Waals surface area contributed by atoms with Gasteiger partial charge in [-0.3, -0.25) is 0 Å². The molecule has 2 aromatic rings. The molecular weight excluding hydrogens is 178 g/mol. The van der Waals surface area contributed by atoms with Crippen molar-refractivity contribution in [2.75, 3.05) is 5.73 Å². The quantitative estimate of drug-likeness (QED) is 0.720. The van der Waals surface area contributed by atoms with Gasteiger partial charge in [-0.25, -0.2) is 9.97 Å². The van der Waals surface area contributed by atoms with Crippen LogP contribution in [0.1, 0.15) is 0 Å². The van der Waals surface area contributed by atoms with Crippen LogP contribution < -0.4 is 11.5 Å². The van der Waals surface area contributed by atoms with Gasteiger partial charge in [-0.2, -0.15) is 0 Å². The molecule has 4 N–H and O–H groups in total. The van der Waals surface area contributed by atoms with Crippen LogP contribution >= 0.6 is 0 Å².